The molecule has 0 radical (unpaired) electrons. The SMILES string of the molecule is N#C[SH]1Cc2ccc(S/C=C/C(=O)O)cc2C1. The average molecular weight is 265 g/mol. The molecule has 5 heteroatoms. The summed E-state index contributed by atoms with van der Waals surface area (Å²) in [4.78, 5) is 11.3. The Morgan fingerprint density at radius 3 is 2.94 bits per heavy atom. The quantitative estimate of drug-likeness (QED) is 0.382. The number of carbonyl (C=O) groups is 1. The van der Waals surface area contributed by atoms with Gasteiger partial charge in [-0.15, -0.1) is 0 Å². The Bertz CT molecular complexity index is 520. The second kappa shape index (κ2) is 5.30. The number of aliphatic carboxylic acids is 1. The Kier molecular flexibility index (Phi) is 3.77. The third kappa shape index (κ3) is 3.05. The highest BCUT2D eigenvalue weighted by atomic mass is 32.2. The van der Waals surface area contributed by atoms with Gasteiger partial charge in [0.15, 0.2) is 0 Å². The van der Waals surface area contributed by atoms with Crippen molar-refractivity contribution < 1.29 is 9.90 Å². The van der Waals surface area contributed by atoms with Crippen LogP contribution in [0.1, 0.15) is 11.1 Å². The van der Waals surface area contributed by atoms with E-state index in [0.717, 1.165) is 22.5 Å². The molecule has 0 spiro atoms. The standard InChI is InChI=1S/C12H11NO2S2/c13-8-17-6-9-1-2-11(5-10(9)7-17)16-4-3-12(14)15/h1-5,17H,6-7H2,(H,14,15)/b4-3+. The van der Waals surface area contributed by atoms with E-state index < -0.39 is 16.9 Å². The molecule has 17 heavy (non-hydrogen) atoms. The number of thioether (sulfide) groups is 1. The lowest BCUT2D eigenvalue weighted by Gasteiger charge is -2.00. The fourth-order valence-corrected chi connectivity index (χ4v) is 4.06. The molecule has 1 aliphatic rings. The Balaban J connectivity index is 2.09. The molecule has 1 atom stereocenters. The van der Waals surface area contributed by atoms with Crippen molar-refractivity contribution in [3.63, 3.8) is 0 Å². The molecule has 2 rings (SSSR count). The molecule has 1 heterocycles. The van der Waals surface area contributed by atoms with Gasteiger partial charge in [-0.3, -0.25) is 0 Å². The van der Waals surface area contributed by atoms with Crippen LogP contribution in [0.25, 0.3) is 0 Å². The van der Waals surface area contributed by atoms with E-state index in [2.05, 4.69) is 11.5 Å². The zero-order valence-corrected chi connectivity index (χ0v) is 10.7. The smallest absolute Gasteiger partial charge is 0.328 e. The van der Waals surface area contributed by atoms with Crippen LogP contribution in [0.3, 0.4) is 0 Å². The molecule has 0 aliphatic carbocycles. The predicted molar refractivity (Wildman–Crippen MR) is 71.1 cm³/mol. The van der Waals surface area contributed by atoms with Crippen LogP contribution in [0.4, 0.5) is 0 Å². The summed E-state index contributed by atoms with van der Waals surface area (Å²) in [5.41, 5.74) is 2.51. The molecule has 1 N–H and O–H groups in total. The monoisotopic (exact) mass is 265 g/mol. The number of carboxylic acids is 1. The summed E-state index contributed by atoms with van der Waals surface area (Å²) in [5.74, 6) is 0.835. The largest absolute Gasteiger partial charge is 0.478 e. The molecule has 1 aliphatic heterocycles. The predicted octanol–water partition coefficient (Wildman–Crippen LogP) is 2.87. The zero-order chi connectivity index (χ0) is 12.3. The van der Waals surface area contributed by atoms with Crippen LogP contribution in [0.2, 0.25) is 0 Å². The molecule has 0 saturated heterocycles. The highest BCUT2D eigenvalue weighted by Crippen LogP contribution is 2.42. The number of thiol groups is 1. The lowest BCUT2D eigenvalue weighted by molar-refractivity contribution is -0.131. The van der Waals surface area contributed by atoms with Crippen LogP contribution in [0, 0.1) is 10.7 Å². The van der Waals surface area contributed by atoms with Crippen molar-refractivity contribution in [1.29, 1.82) is 5.26 Å². The number of nitriles is 1. The van der Waals surface area contributed by atoms with Gasteiger partial charge in [-0.1, -0.05) is 17.8 Å². The molecular formula is C12H11NO2S2. The number of thiocyanates is 1. The maximum Gasteiger partial charge on any atom is 0.328 e. The van der Waals surface area contributed by atoms with Gasteiger partial charge in [0.1, 0.15) is 5.40 Å². The van der Waals surface area contributed by atoms with E-state index in [-0.39, 0.29) is 0 Å². The highest BCUT2D eigenvalue weighted by Gasteiger charge is 2.17. The topological polar surface area (TPSA) is 61.1 Å². The van der Waals surface area contributed by atoms with E-state index in [1.165, 1.54) is 22.9 Å². The van der Waals surface area contributed by atoms with E-state index in [4.69, 9.17) is 10.4 Å². The fraction of sp³-hybridized carbons (Fsp3) is 0.167. The first kappa shape index (κ1) is 12.1. The normalized spacial score (nSPS) is 20.1. The second-order valence-electron chi connectivity index (χ2n) is 3.65. The number of benzene rings is 1. The molecule has 0 amide bonds. The minimum Gasteiger partial charge on any atom is -0.478 e. The lowest BCUT2D eigenvalue weighted by Crippen LogP contribution is -1.85. The maximum absolute atomic E-state index is 10.3. The maximum atomic E-state index is 10.3. The molecule has 0 bridgehead atoms. The van der Waals surface area contributed by atoms with Crippen molar-refractivity contribution in [3.8, 4) is 5.40 Å². The molecule has 1 aromatic rings. The minimum absolute atomic E-state index is 0.521. The summed E-state index contributed by atoms with van der Waals surface area (Å²) in [6.07, 6.45) is 1.13. The molecule has 1 unspecified atom stereocenters. The number of rotatable bonds is 3. The number of nitrogens with zero attached hydrogens (tertiary/aromatic N) is 1. The zero-order valence-electron chi connectivity index (χ0n) is 8.96. The van der Waals surface area contributed by atoms with Crippen molar-refractivity contribution in [2.24, 2.45) is 0 Å². The van der Waals surface area contributed by atoms with Gasteiger partial charge in [-0.25, -0.2) is 4.79 Å². The molecule has 0 fully saturated rings. The summed E-state index contributed by atoms with van der Waals surface area (Å²) in [7, 11) is -0.521. The fourth-order valence-electron chi connectivity index (χ4n) is 1.69. The first-order valence-electron chi connectivity index (χ1n) is 5.01. The van der Waals surface area contributed by atoms with E-state index >= 15 is 0 Å². The van der Waals surface area contributed by atoms with E-state index in [1.807, 2.05) is 12.1 Å². The van der Waals surface area contributed by atoms with E-state index in [0.29, 0.717) is 0 Å². The Hall–Kier alpha value is -1.38. The van der Waals surface area contributed by atoms with Gasteiger partial charge >= 0.3 is 5.97 Å². The summed E-state index contributed by atoms with van der Waals surface area (Å²) in [6.45, 7) is 0. The van der Waals surface area contributed by atoms with Crippen LogP contribution in [0.15, 0.2) is 34.6 Å². The summed E-state index contributed by atoms with van der Waals surface area (Å²) >= 11 is 1.39. The van der Waals surface area contributed by atoms with Gasteiger partial charge in [0.05, 0.1) is 0 Å². The summed E-state index contributed by atoms with van der Waals surface area (Å²) < 4.78 is 0. The lowest BCUT2D eigenvalue weighted by atomic mass is 10.1. The van der Waals surface area contributed by atoms with Crippen molar-refractivity contribution >= 4 is 28.6 Å². The van der Waals surface area contributed by atoms with Gasteiger partial charge in [0.25, 0.3) is 0 Å². The molecule has 88 valence electrons. The van der Waals surface area contributed by atoms with Crippen LogP contribution >= 0.6 is 22.7 Å². The molecule has 3 nitrogen and oxygen atoms in total. The van der Waals surface area contributed by atoms with Crippen LogP contribution in [-0.2, 0) is 16.3 Å². The van der Waals surface area contributed by atoms with Crippen LogP contribution in [0.5, 0.6) is 0 Å². The summed E-state index contributed by atoms with van der Waals surface area (Å²) in [5, 5.41) is 21.3. The third-order valence-electron chi connectivity index (χ3n) is 2.46. The van der Waals surface area contributed by atoms with Crippen molar-refractivity contribution in [2.75, 3.05) is 0 Å². The third-order valence-corrected chi connectivity index (χ3v) is 4.98. The molecule has 0 saturated carbocycles. The average Bonchev–Trinajstić information content (AvgIpc) is 2.70. The van der Waals surface area contributed by atoms with Crippen molar-refractivity contribution in [2.45, 2.75) is 16.4 Å². The second-order valence-corrected chi connectivity index (χ2v) is 6.54. The Morgan fingerprint density at radius 1 is 1.47 bits per heavy atom. The number of hydrogen-bond donors (Lipinski definition) is 2. The van der Waals surface area contributed by atoms with Crippen LogP contribution < -0.4 is 0 Å². The Morgan fingerprint density at radius 2 is 2.24 bits per heavy atom. The minimum atomic E-state index is -0.938. The number of hydrogen-bond acceptors (Lipinski definition) is 3. The molecule has 1 aromatic carbocycles. The Labute approximate surface area is 106 Å². The number of carboxylic acid groups (broad SMARTS) is 1. The van der Waals surface area contributed by atoms with E-state index in [1.54, 1.807) is 5.41 Å². The van der Waals surface area contributed by atoms with Crippen LogP contribution in [-0.4, -0.2) is 11.1 Å². The first-order chi connectivity index (χ1) is 8.19. The number of fused-ring (bicyclic) bond motifs is 1. The van der Waals surface area contributed by atoms with Crippen molar-refractivity contribution in [3.05, 3.63) is 40.8 Å². The van der Waals surface area contributed by atoms with Gasteiger partial charge in [0.2, 0.25) is 0 Å². The van der Waals surface area contributed by atoms with Gasteiger partial charge in [-0.2, -0.15) is 16.2 Å². The first-order valence-corrected chi connectivity index (χ1v) is 7.61. The van der Waals surface area contributed by atoms with Crippen molar-refractivity contribution in [1.82, 2.24) is 0 Å². The van der Waals surface area contributed by atoms with Gasteiger partial charge in [0, 0.05) is 22.5 Å². The highest BCUT2D eigenvalue weighted by molar-refractivity contribution is 8.19. The van der Waals surface area contributed by atoms with E-state index in [9.17, 15) is 4.79 Å². The van der Waals surface area contributed by atoms with Gasteiger partial charge in [-0.05, 0) is 28.7 Å². The summed E-state index contributed by atoms with van der Waals surface area (Å²) in [6, 6.07) is 6.09. The van der Waals surface area contributed by atoms with Gasteiger partial charge < -0.3 is 5.11 Å². The molecule has 0 aromatic heterocycles. The molecular weight excluding hydrogens is 254 g/mol.